The van der Waals surface area contributed by atoms with E-state index in [0.29, 0.717) is 24.9 Å². The summed E-state index contributed by atoms with van der Waals surface area (Å²) in [6.45, 7) is 4.97. The van der Waals surface area contributed by atoms with Gasteiger partial charge in [0.15, 0.2) is 0 Å². The first-order valence-electron chi connectivity index (χ1n) is 8.73. The smallest absolute Gasteiger partial charge is 0.314 e. The van der Waals surface area contributed by atoms with E-state index in [0.717, 1.165) is 44.9 Å². The van der Waals surface area contributed by atoms with E-state index in [9.17, 15) is 4.79 Å². The van der Waals surface area contributed by atoms with Gasteiger partial charge in [-0.25, -0.2) is 4.79 Å². The van der Waals surface area contributed by atoms with E-state index in [1.807, 2.05) is 12.1 Å². The van der Waals surface area contributed by atoms with Crippen LogP contribution in [0.3, 0.4) is 0 Å². The highest BCUT2D eigenvalue weighted by atomic mass is 16.5. The summed E-state index contributed by atoms with van der Waals surface area (Å²) in [5, 5.41) is 5.95. The van der Waals surface area contributed by atoms with Gasteiger partial charge in [-0.1, -0.05) is 6.07 Å². The standard InChI is InChI=1S/C18H27N3O3/c1-23-17-4-2-3-16(9-17)21-7-5-14(12-21)10-19-18(22)20-11-15-6-8-24-13-15/h2-4,9,14-15H,5-8,10-13H2,1H3,(H2,19,20,22)/t14-,15+/m0/s1. The van der Waals surface area contributed by atoms with Crippen LogP contribution < -0.4 is 20.3 Å². The SMILES string of the molecule is COc1cccc(N2CC[C@@H](CNC(=O)NC[C@H]3CCOC3)C2)c1. The monoisotopic (exact) mass is 333 g/mol. The van der Waals surface area contributed by atoms with E-state index in [-0.39, 0.29) is 6.03 Å². The molecule has 0 bridgehead atoms. The molecule has 2 aliphatic rings. The van der Waals surface area contributed by atoms with E-state index in [2.05, 4.69) is 27.7 Å². The van der Waals surface area contributed by atoms with Crippen LogP contribution in [0.5, 0.6) is 5.75 Å². The number of hydrogen-bond donors (Lipinski definition) is 2. The van der Waals surface area contributed by atoms with Crippen molar-refractivity contribution in [3.8, 4) is 5.75 Å². The predicted molar refractivity (Wildman–Crippen MR) is 93.6 cm³/mol. The lowest BCUT2D eigenvalue weighted by molar-refractivity contribution is 0.185. The Kier molecular flexibility index (Phi) is 5.80. The summed E-state index contributed by atoms with van der Waals surface area (Å²) >= 11 is 0. The summed E-state index contributed by atoms with van der Waals surface area (Å²) in [6.07, 6.45) is 2.13. The van der Waals surface area contributed by atoms with Gasteiger partial charge in [-0.2, -0.15) is 0 Å². The van der Waals surface area contributed by atoms with Gasteiger partial charge in [-0.05, 0) is 30.9 Å². The van der Waals surface area contributed by atoms with Crippen LogP contribution in [0.4, 0.5) is 10.5 Å². The fourth-order valence-corrected chi connectivity index (χ4v) is 3.32. The highest BCUT2D eigenvalue weighted by molar-refractivity contribution is 5.73. The van der Waals surface area contributed by atoms with Crippen molar-refractivity contribution in [3.63, 3.8) is 0 Å². The Hall–Kier alpha value is -1.95. The molecule has 0 spiro atoms. The maximum absolute atomic E-state index is 11.9. The Bertz CT molecular complexity index is 546. The first-order valence-corrected chi connectivity index (χ1v) is 8.73. The molecular weight excluding hydrogens is 306 g/mol. The number of carbonyl (C=O) groups is 1. The fourth-order valence-electron chi connectivity index (χ4n) is 3.32. The van der Waals surface area contributed by atoms with Crippen LogP contribution in [0.15, 0.2) is 24.3 Å². The molecule has 0 aromatic heterocycles. The molecule has 3 rings (SSSR count). The Morgan fingerprint density at radius 2 is 2.12 bits per heavy atom. The van der Waals surface area contributed by atoms with Crippen molar-refractivity contribution in [3.05, 3.63) is 24.3 Å². The summed E-state index contributed by atoms with van der Waals surface area (Å²) in [4.78, 5) is 14.2. The Morgan fingerprint density at radius 3 is 2.88 bits per heavy atom. The number of hydrogen-bond acceptors (Lipinski definition) is 4. The average molecular weight is 333 g/mol. The second-order valence-electron chi connectivity index (χ2n) is 6.62. The number of nitrogens with one attached hydrogen (secondary N) is 2. The van der Waals surface area contributed by atoms with Crippen LogP contribution in [0.25, 0.3) is 0 Å². The van der Waals surface area contributed by atoms with Crippen LogP contribution in [0.1, 0.15) is 12.8 Å². The lowest BCUT2D eigenvalue weighted by Gasteiger charge is -2.19. The highest BCUT2D eigenvalue weighted by Gasteiger charge is 2.23. The summed E-state index contributed by atoms with van der Waals surface area (Å²) in [5.41, 5.74) is 1.18. The molecule has 6 heteroatoms. The van der Waals surface area contributed by atoms with Gasteiger partial charge in [0.25, 0.3) is 0 Å². The predicted octanol–water partition coefficient (Wildman–Crippen LogP) is 1.86. The van der Waals surface area contributed by atoms with Crippen molar-refractivity contribution in [1.82, 2.24) is 10.6 Å². The molecule has 0 saturated carbocycles. The summed E-state index contributed by atoms with van der Waals surface area (Å²) in [7, 11) is 1.69. The minimum absolute atomic E-state index is 0.0678. The molecular formula is C18H27N3O3. The maximum atomic E-state index is 11.9. The van der Waals surface area contributed by atoms with Gasteiger partial charge in [0.2, 0.25) is 0 Å². The molecule has 2 fully saturated rings. The van der Waals surface area contributed by atoms with Gasteiger partial charge in [-0.15, -0.1) is 0 Å². The summed E-state index contributed by atoms with van der Waals surface area (Å²) < 4.78 is 10.6. The number of urea groups is 1. The quantitative estimate of drug-likeness (QED) is 0.834. The minimum Gasteiger partial charge on any atom is -0.497 e. The van der Waals surface area contributed by atoms with Crippen LogP contribution in [0, 0.1) is 11.8 Å². The Morgan fingerprint density at radius 1 is 1.29 bits per heavy atom. The number of benzene rings is 1. The van der Waals surface area contributed by atoms with Crippen molar-refractivity contribution in [2.45, 2.75) is 12.8 Å². The van der Waals surface area contributed by atoms with Crippen molar-refractivity contribution >= 4 is 11.7 Å². The van der Waals surface area contributed by atoms with E-state index >= 15 is 0 Å². The summed E-state index contributed by atoms with van der Waals surface area (Å²) in [6, 6.07) is 8.07. The largest absolute Gasteiger partial charge is 0.497 e. The maximum Gasteiger partial charge on any atom is 0.314 e. The van der Waals surface area contributed by atoms with Crippen molar-refractivity contribution in [2.24, 2.45) is 11.8 Å². The number of methoxy groups -OCH3 is 1. The second kappa shape index (κ2) is 8.24. The molecule has 0 unspecified atom stereocenters. The van der Waals surface area contributed by atoms with Crippen LogP contribution >= 0.6 is 0 Å². The van der Waals surface area contributed by atoms with E-state index in [1.54, 1.807) is 7.11 Å². The van der Waals surface area contributed by atoms with Gasteiger partial charge in [0, 0.05) is 50.5 Å². The molecule has 6 nitrogen and oxygen atoms in total. The first kappa shape index (κ1) is 16.9. The topological polar surface area (TPSA) is 62.8 Å². The molecule has 24 heavy (non-hydrogen) atoms. The Balaban J connectivity index is 1.38. The number of ether oxygens (including phenoxy) is 2. The number of rotatable bonds is 6. The molecule has 2 heterocycles. The summed E-state index contributed by atoms with van der Waals surface area (Å²) in [5.74, 6) is 1.83. The number of anilines is 1. The van der Waals surface area contributed by atoms with Gasteiger partial charge in [0.05, 0.1) is 13.7 Å². The molecule has 1 aromatic rings. The highest BCUT2D eigenvalue weighted by Crippen LogP contribution is 2.26. The zero-order chi connectivity index (χ0) is 16.8. The van der Waals surface area contributed by atoms with Crippen LogP contribution in [0.2, 0.25) is 0 Å². The number of carbonyl (C=O) groups excluding carboxylic acids is 1. The lowest BCUT2D eigenvalue weighted by Crippen LogP contribution is -2.40. The molecule has 2 amide bonds. The third-order valence-corrected chi connectivity index (χ3v) is 4.83. The van der Waals surface area contributed by atoms with Crippen molar-refractivity contribution in [1.29, 1.82) is 0 Å². The molecule has 0 radical (unpaired) electrons. The van der Waals surface area contributed by atoms with E-state index < -0.39 is 0 Å². The van der Waals surface area contributed by atoms with Gasteiger partial charge in [-0.3, -0.25) is 0 Å². The first-order chi connectivity index (χ1) is 11.7. The molecule has 2 N–H and O–H groups in total. The third kappa shape index (κ3) is 4.54. The van der Waals surface area contributed by atoms with E-state index in [1.165, 1.54) is 5.69 Å². The average Bonchev–Trinajstić information content (AvgIpc) is 3.30. The second-order valence-corrected chi connectivity index (χ2v) is 6.62. The molecule has 2 aliphatic heterocycles. The molecule has 132 valence electrons. The van der Waals surface area contributed by atoms with Gasteiger partial charge >= 0.3 is 6.03 Å². The van der Waals surface area contributed by atoms with Crippen molar-refractivity contribution < 1.29 is 14.3 Å². The zero-order valence-electron chi connectivity index (χ0n) is 14.3. The number of amides is 2. The molecule has 0 aliphatic carbocycles. The fraction of sp³-hybridized carbons (Fsp3) is 0.611. The van der Waals surface area contributed by atoms with Crippen molar-refractivity contribution in [2.75, 3.05) is 51.4 Å². The Labute approximate surface area is 143 Å². The van der Waals surface area contributed by atoms with Crippen LogP contribution in [-0.2, 0) is 4.74 Å². The molecule has 2 saturated heterocycles. The molecule has 2 atom stereocenters. The minimum atomic E-state index is -0.0678. The zero-order valence-corrected chi connectivity index (χ0v) is 14.3. The lowest BCUT2D eigenvalue weighted by atomic mass is 10.1. The normalized spacial score (nSPS) is 23.3. The third-order valence-electron chi connectivity index (χ3n) is 4.83. The van der Waals surface area contributed by atoms with E-state index in [4.69, 9.17) is 9.47 Å². The van der Waals surface area contributed by atoms with Gasteiger partial charge in [0.1, 0.15) is 5.75 Å². The number of nitrogens with zero attached hydrogens (tertiary/aromatic N) is 1. The van der Waals surface area contributed by atoms with Gasteiger partial charge < -0.3 is 25.0 Å². The molecule has 1 aromatic carbocycles. The van der Waals surface area contributed by atoms with Crippen LogP contribution in [-0.4, -0.2) is 52.5 Å².